The maximum absolute atomic E-state index is 12.7. The van der Waals surface area contributed by atoms with E-state index in [0.29, 0.717) is 28.3 Å². The van der Waals surface area contributed by atoms with Gasteiger partial charge in [0.2, 0.25) is 12.6 Å². The number of H-pyrrole nitrogens is 1. The van der Waals surface area contributed by atoms with E-state index in [1.807, 2.05) is 0 Å². The van der Waals surface area contributed by atoms with Crippen molar-refractivity contribution < 1.29 is 33.3 Å². The van der Waals surface area contributed by atoms with Crippen molar-refractivity contribution in [2.24, 2.45) is 0 Å². The van der Waals surface area contributed by atoms with Crippen molar-refractivity contribution >= 4 is 23.8 Å². The van der Waals surface area contributed by atoms with Crippen LogP contribution in [0.3, 0.4) is 0 Å². The van der Waals surface area contributed by atoms with Crippen molar-refractivity contribution in [3.8, 4) is 11.5 Å². The second-order valence-corrected chi connectivity index (χ2v) is 6.73. The van der Waals surface area contributed by atoms with Gasteiger partial charge in [-0.05, 0) is 57.0 Å². The second kappa shape index (κ2) is 8.86. The molecular weight excluding hydrogens is 390 g/mol. The second-order valence-electron chi connectivity index (χ2n) is 6.73. The largest absolute Gasteiger partial charge is 0.462 e. The number of carbonyl (C=O) groups is 3. The van der Waals surface area contributed by atoms with Crippen LogP contribution in [0.5, 0.6) is 11.5 Å². The molecule has 0 saturated carbocycles. The third-order valence-electron chi connectivity index (χ3n) is 4.63. The minimum Gasteiger partial charge on any atom is -0.462 e. The molecule has 1 unspecified atom stereocenters. The Hall–Kier alpha value is -3.55. The number of nitrogens with one attached hydrogen (secondary N) is 1. The van der Waals surface area contributed by atoms with Gasteiger partial charge in [-0.25, -0.2) is 9.59 Å². The van der Waals surface area contributed by atoms with Crippen LogP contribution in [0.15, 0.2) is 24.3 Å². The standard InChI is InChI=1S/C22H23NO7/c1-5-27-22(26)19-12(2)20(23-13(19)3)21(25)14(4)30-18(24)9-7-15-6-8-16-17(10-15)29-11-28-16/h6-10,14,23H,5,11H2,1-4H3/b9-7+. The molecule has 0 saturated heterocycles. The van der Waals surface area contributed by atoms with Crippen LogP contribution in [0.4, 0.5) is 0 Å². The number of aromatic nitrogens is 1. The van der Waals surface area contributed by atoms with Gasteiger partial charge in [0.15, 0.2) is 17.6 Å². The molecule has 3 rings (SSSR count). The number of carbonyl (C=O) groups excluding carboxylic acids is 3. The number of Topliss-reactive ketones (excluding diaryl/α,β-unsaturated/α-hetero) is 1. The third-order valence-corrected chi connectivity index (χ3v) is 4.63. The summed E-state index contributed by atoms with van der Waals surface area (Å²) in [4.78, 5) is 39.9. The highest BCUT2D eigenvalue weighted by atomic mass is 16.7. The minimum absolute atomic E-state index is 0.166. The summed E-state index contributed by atoms with van der Waals surface area (Å²) in [6.07, 6.45) is 1.76. The maximum Gasteiger partial charge on any atom is 0.340 e. The number of rotatable bonds is 7. The molecule has 2 aromatic rings. The molecule has 1 atom stereocenters. The van der Waals surface area contributed by atoms with Crippen molar-refractivity contribution in [2.45, 2.75) is 33.8 Å². The first-order valence-corrected chi connectivity index (χ1v) is 9.50. The van der Waals surface area contributed by atoms with Crippen LogP contribution < -0.4 is 9.47 Å². The summed E-state index contributed by atoms with van der Waals surface area (Å²) in [6, 6.07) is 5.26. The molecule has 8 heteroatoms. The molecule has 1 aromatic carbocycles. The van der Waals surface area contributed by atoms with Gasteiger partial charge in [-0.2, -0.15) is 0 Å². The molecule has 8 nitrogen and oxygen atoms in total. The Kier molecular flexibility index (Phi) is 6.25. The smallest absolute Gasteiger partial charge is 0.340 e. The van der Waals surface area contributed by atoms with Gasteiger partial charge in [0, 0.05) is 11.8 Å². The molecule has 1 aliphatic heterocycles. The van der Waals surface area contributed by atoms with E-state index in [2.05, 4.69) is 4.98 Å². The van der Waals surface area contributed by atoms with E-state index in [-0.39, 0.29) is 19.1 Å². The molecule has 158 valence electrons. The summed E-state index contributed by atoms with van der Waals surface area (Å²) in [5, 5.41) is 0. The normalized spacial score (nSPS) is 13.3. The molecule has 1 aliphatic rings. The highest BCUT2D eigenvalue weighted by molar-refractivity contribution is 6.04. The summed E-state index contributed by atoms with van der Waals surface area (Å²) in [5.74, 6) is -0.355. The number of hydrogen-bond acceptors (Lipinski definition) is 7. The van der Waals surface area contributed by atoms with Gasteiger partial charge in [-0.1, -0.05) is 6.07 Å². The lowest BCUT2D eigenvalue weighted by Gasteiger charge is -2.10. The number of esters is 2. The molecule has 0 aliphatic carbocycles. The summed E-state index contributed by atoms with van der Waals surface area (Å²) in [5.41, 5.74) is 2.26. The van der Waals surface area contributed by atoms with E-state index in [9.17, 15) is 14.4 Å². The van der Waals surface area contributed by atoms with Gasteiger partial charge >= 0.3 is 11.9 Å². The van der Waals surface area contributed by atoms with Crippen molar-refractivity contribution in [3.05, 3.63) is 52.4 Å². The van der Waals surface area contributed by atoms with E-state index in [4.69, 9.17) is 18.9 Å². The SMILES string of the molecule is CCOC(=O)c1c(C)[nH]c(C(=O)C(C)OC(=O)/C=C/c2ccc3c(c2)OCO3)c1C. The molecule has 0 bridgehead atoms. The Bertz CT molecular complexity index is 1020. The molecule has 0 radical (unpaired) electrons. The van der Waals surface area contributed by atoms with Gasteiger partial charge in [-0.3, -0.25) is 4.79 Å². The van der Waals surface area contributed by atoms with Crippen LogP contribution in [0.1, 0.15) is 51.5 Å². The Labute approximate surface area is 173 Å². The summed E-state index contributed by atoms with van der Waals surface area (Å²) in [6.45, 7) is 6.92. The van der Waals surface area contributed by atoms with Gasteiger partial charge in [0.05, 0.1) is 17.9 Å². The average molecular weight is 413 g/mol. The molecule has 0 fully saturated rings. The summed E-state index contributed by atoms with van der Waals surface area (Å²) >= 11 is 0. The van der Waals surface area contributed by atoms with E-state index < -0.39 is 23.8 Å². The van der Waals surface area contributed by atoms with Gasteiger partial charge in [0.25, 0.3) is 0 Å². The van der Waals surface area contributed by atoms with Crippen LogP contribution in [0.2, 0.25) is 0 Å². The maximum atomic E-state index is 12.7. The fraction of sp³-hybridized carbons (Fsp3) is 0.318. The van der Waals surface area contributed by atoms with E-state index in [0.717, 1.165) is 5.56 Å². The number of ether oxygens (including phenoxy) is 4. The topological polar surface area (TPSA) is 104 Å². The zero-order valence-electron chi connectivity index (χ0n) is 17.2. The molecule has 1 N–H and O–H groups in total. The number of aryl methyl sites for hydroxylation is 1. The number of benzene rings is 1. The Morgan fingerprint density at radius 2 is 1.93 bits per heavy atom. The van der Waals surface area contributed by atoms with Crippen molar-refractivity contribution in [3.63, 3.8) is 0 Å². The van der Waals surface area contributed by atoms with E-state index in [1.54, 1.807) is 45.0 Å². The summed E-state index contributed by atoms with van der Waals surface area (Å²) in [7, 11) is 0. The van der Waals surface area contributed by atoms with E-state index >= 15 is 0 Å². The van der Waals surface area contributed by atoms with Crippen molar-refractivity contribution in [2.75, 3.05) is 13.4 Å². The Balaban J connectivity index is 1.66. The number of hydrogen-bond donors (Lipinski definition) is 1. The van der Waals surface area contributed by atoms with Crippen LogP contribution in [-0.4, -0.2) is 42.2 Å². The lowest BCUT2D eigenvalue weighted by atomic mass is 10.1. The van der Waals surface area contributed by atoms with Crippen LogP contribution in [0, 0.1) is 13.8 Å². The molecular formula is C22H23NO7. The predicted molar refractivity (Wildman–Crippen MR) is 108 cm³/mol. The first kappa shape index (κ1) is 21.2. The fourth-order valence-electron chi connectivity index (χ4n) is 3.16. The van der Waals surface area contributed by atoms with Crippen LogP contribution >= 0.6 is 0 Å². The van der Waals surface area contributed by atoms with E-state index in [1.165, 1.54) is 13.0 Å². The number of fused-ring (bicyclic) bond motifs is 1. The fourth-order valence-corrected chi connectivity index (χ4v) is 3.16. The molecule has 0 amide bonds. The third kappa shape index (κ3) is 4.37. The van der Waals surface area contributed by atoms with Crippen LogP contribution in [0.25, 0.3) is 6.08 Å². The minimum atomic E-state index is -1.04. The first-order chi connectivity index (χ1) is 14.3. The number of ketones is 1. The lowest BCUT2D eigenvalue weighted by molar-refractivity contribution is -0.140. The zero-order valence-corrected chi connectivity index (χ0v) is 17.2. The molecule has 30 heavy (non-hydrogen) atoms. The molecule has 1 aromatic heterocycles. The number of aromatic amines is 1. The quantitative estimate of drug-likeness (QED) is 0.422. The summed E-state index contributed by atoms with van der Waals surface area (Å²) < 4.78 is 20.8. The monoisotopic (exact) mass is 413 g/mol. The van der Waals surface area contributed by atoms with Gasteiger partial charge in [0.1, 0.15) is 0 Å². The average Bonchev–Trinajstić information content (AvgIpc) is 3.29. The van der Waals surface area contributed by atoms with Crippen molar-refractivity contribution in [1.82, 2.24) is 4.98 Å². The van der Waals surface area contributed by atoms with Gasteiger partial charge < -0.3 is 23.9 Å². The lowest BCUT2D eigenvalue weighted by Crippen LogP contribution is -2.24. The molecule has 2 heterocycles. The Morgan fingerprint density at radius 1 is 1.20 bits per heavy atom. The molecule has 0 spiro atoms. The highest BCUT2D eigenvalue weighted by Gasteiger charge is 2.27. The van der Waals surface area contributed by atoms with Crippen molar-refractivity contribution in [1.29, 1.82) is 0 Å². The predicted octanol–water partition coefficient (Wildman–Crippen LogP) is 3.36. The van der Waals surface area contributed by atoms with Crippen LogP contribution in [-0.2, 0) is 14.3 Å². The van der Waals surface area contributed by atoms with Gasteiger partial charge in [-0.15, -0.1) is 0 Å². The highest BCUT2D eigenvalue weighted by Crippen LogP contribution is 2.32. The zero-order chi connectivity index (χ0) is 21.8. The Morgan fingerprint density at radius 3 is 2.67 bits per heavy atom. The first-order valence-electron chi connectivity index (χ1n) is 9.50.